The van der Waals surface area contributed by atoms with E-state index in [1.807, 2.05) is 24.3 Å². The molecule has 4 heteroatoms. The molecule has 112 valence electrons. The van der Waals surface area contributed by atoms with Gasteiger partial charge in [-0.05, 0) is 23.6 Å². The number of benzene rings is 3. The molecule has 5 rings (SSSR count). The van der Waals surface area contributed by atoms with Gasteiger partial charge in [-0.15, -0.1) is 0 Å². The fraction of sp³-hybridized carbons (Fsp3) is 0.0500. The lowest BCUT2D eigenvalue weighted by Crippen LogP contribution is -2.15. The van der Waals surface area contributed by atoms with E-state index in [-0.39, 0.29) is 0 Å². The van der Waals surface area contributed by atoms with Gasteiger partial charge in [-0.2, -0.15) is 0 Å². The highest BCUT2D eigenvalue weighted by Crippen LogP contribution is 2.47. The number of fused-ring (bicyclic) bond motifs is 4. The minimum absolute atomic E-state index is 0.513. The molecule has 0 N–H and O–H groups in total. The van der Waals surface area contributed by atoms with Crippen LogP contribution in [0, 0.1) is 5.39 Å². The molecule has 24 heavy (non-hydrogen) atoms. The summed E-state index contributed by atoms with van der Waals surface area (Å²) in [5.74, 6) is 0. The van der Waals surface area contributed by atoms with Crippen LogP contribution in [0.1, 0.15) is 0 Å². The zero-order valence-electron chi connectivity index (χ0n) is 13.1. The average molecular weight is 309 g/mol. The van der Waals surface area contributed by atoms with Gasteiger partial charge in [0.1, 0.15) is 0 Å². The van der Waals surface area contributed by atoms with Crippen LogP contribution in [0.15, 0.2) is 60.7 Å². The van der Waals surface area contributed by atoms with Crippen molar-refractivity contribution in [1.82, 2.24) is 4.98 Å². The van der Waals surface area contributed by atoms with Crippen LogP contribution in [-0.4, -0.2) is 12.0 Å². The van der Waals surface area contributed by atoms with E-state index < -0.39 is 0 Å². The Morgan fingerprint density at radius 3 is 2.62 bits per heavy atom. The summed E-state index contributed by atoms with van der Waals surface area (Å²) in [7, 11) is 2.09. The first-order valence-electron chi connectivity index (χ1n) is 7.82. The predicted molar refractivity (Wildman–Crippen MR) is 97.5 cm³/mol. The fourth-order valence-electron chi connectivity index (χ4n) is 3.66. The van der Waals surface area contributed by atoms with Crippen molar-refractivity contribution in [1.29, 1.82) is 5.39 Å². The number of nitrogens with zero attached hydrogens (tertiary/aromatic N) is 4. The molecule has 0 bridgehead atoms. The van der Waals surface area contributed by atoms with Gasteiger partial charge in [-0.1, -0.05) is 30.3 Å². The summed E-state index contributed by atoms with van der Waals surface area (Å²) in [6.07, 6.45) is 0. The highest BCUT2D eigenvalue weighted by atomic mass is 15.1. The number of pyridine rings is 1. The topological polar surface area (TPSA) is 44.3 Å². The highest BCUT2D eigenvalue weighted by Gasteiger charge is 2.24. The van der Waals surface area contributed by atoms with E-state index in [0.717, 1.165) is 33.5 Å². The molecular formula is C20H13N4+. The lowest BCUT2D eigenvalue weighted by atomic mass is 9.93. The number of hydrogen-bond acceptors (Lipinski definition) is 3. The largest absolute Gasteiger partial charge is 0.387 e. The second-order valence-corrected chi connectivity index (χ2v) is 6.04. The summed E-state index contributed by atoms with van der Waals surface area (Å²) < 4.78 is 0. The molecule has 0 spiro atoms. The van der Waals surface area contributed by atoms with Crippen LogP contribution < -0.4 is 4.90 Å². The number of anilines is 2. The normalized spacial score (nSPS) is 12.2. The Kier molecular flexibility index (Phi) is 2.46. The van der Waals surface area contributed by atoms with Crippen molar-refractivity contribution in [3.05, 3.63) is 65.6 Å². The van der Waals surface area contributed by atoms with Gasteiger partial charge in [0.25, 0.3) is 0 Å². The second-order valence-electron chi connectivity index (χ2n) is 6.04. The molecule has 2 heterocycles. The van der Waals surface area contributed by atoms with Gasteiger partial charge >= 0.3 is 5.69 Å². The monoisotopic (exact) mass is 309 g/mol. The molecule has 0 aliphatic carbocycles. The molecule has 1 aliphatic rings. The lowest BCUT2D eigenvalue weighted by molar-refractivity contribution is 1.20. The summed E-state index contributed by atoms with van der Waals surface area (Å²) in [4.78, 5) is 10.4. The number of diazo groups is 1. The maximum absolute atomic E-state index is 9.08. The highest BCUT2D eigenvalue weighted by molar-refractivity contribution is 6.19. The molecule has 3 aromatic carbocycles. The average Bonchev–Trinajstić information content (AvgIpc) is 2.65. The van der Waals surface area contributed by atoms with Crippen molar-refractivity contribution in [2.24, 2.45) is 0 Å². The van der Waals surface area contributed by atoms with Crippen molar-refractivity contribution < 1.29 is 0 Å². The summed E-state index contributed by atoms with van der Waals surface area (Å²) in [6.45, 7) is 0. The third-order valence-electron chi connectivity index (χ3n) is 4.78. The quantitative estimate of drug-likeness (QED) is 0.313. The Morgan fingerprint density at radius 2 is 1.75 bits per heavy atom. The zero-order valence-corrected chi connectivity index (χ0v) is 13.1. The number of hydrogen-bond donors (Lipinski definition) is 0. The van der Waals surface area contributed by atoms with Crippen LogP contribution in [0.4, 0.5) is 17.1 Å². The number of para-hydroxylation sites is 1. The first-order chi connectivity index (χ1) is 11.8. The Labute approximate surface area is 138 Å². The summed E-state index contributed by atoms with van der Waals surface area (Å²) in [5, 5.41) is 12.5. The van der Waals surface area contributed by atoms with Gasteiger partial charge in [0, 0.05) is 29.4 Å². The fourth-order valence-corrected chi connectivity index (χ4v) is 3.66. The molecule has 0 fully saturated rings. The van der Waals surface area contributed by atoms with E-state index >= 15 is 0 Å². The van der Waals surface area contributed by atoms with E-state index in [1.54, 1.807) is 6.07 Å². The van der Waals surface area contributed by atoms with Crippen molar-refractivity contribution >= 4 is 38.7 Å². The third kappa shape index (κ3) is 1.56. The lowest BCUT2D eigenvalue weighted by Gasteiger charge is -2.29. The molecule has 0 saturated carbocycles. The first-order valence-corrected chi connectivity index (χ1v) is 7.82. The molecule has 4 aromatic rings. The predicted octanol–water partition coefficient (Wildman–Crippen LogP) is 5.62. The maximum atomic E-state index is 9.08. The van der Waals surface area contributed by atoms with Gasteiger partial charge in [-0.3, -0.25) is 0 Å². The van der Waals surface area contributed by atoms with Gasteiger partial charge in [-0.25, -0.2) is 4.98 Å². The smallest absolute Gasteiger partial charge is 0.343 e. The van der Waals surface area contributed by atoms with Gasteiger partial charge < -0.3 is 4.90 Å². The van der Waals surface area contributed by atoms with E-state index in [9.17, 15) is 0 Å². The molecule has 0 atom stereocenters. The number of rotatable bonds is 0. The summed E-state index contributed by atoms with van der Waals surface area (Å²) in [5.41, 5.74) is 5.76. The van der Waals surface area contributed by atoms with Crippen molar-refractivity contribution in [3.63, 3.8) is 0 Å². The Bertz CT molecular complexity index is 1190. The summed E-state index contributed by atoms with van der Waals surface area (Å²) in [6, 6.07) is 20.2. The molecule has 0 saturated heterocycles. The molecule has 0 amide bonds. The van der Waals surface area contributed by atoms with E-state index in [2.05, 4.69) is 47.3 Å². The Hall–Kier alpha value is -3.45. The van der Waals surface area contributed by atoms with Crippen molar-refractivity contribution in [2.45, 2.75) is 0 Å². The first kappa shape index (κ1) is 13.0. The molecular weight excluding hydrogens is 296 g/mol. The zero-order chi connectivity index (χ0) is 16.3. The molecule has 0 radical (unpaired) electrons. The van der Waals surface area contributed by atoms with Crippen LogP contribution >= 0.6 is 0 Å². The molecule has 0 unspecified atom stereocenters. The van der Waals surface area contributed by atoms with E-state index in [1.165, 1.54) is 10.8 Å². The van der Waals surface area contributed by atoms with E-state index in [4.69, 9.17) is 10.4 Å². The Balaban J connectivity index is 2.03. The van der Waals surface area contributed by atoms with Crippen molar-refractivity contribution in [2.75, 3.05) is 11.9 Å². The van der Waals surface area contributed by atoms with Gasteiger partial charge in [0.05, 0.1) is 28.7 Å². The van der Waals surface area contributed by atoms with Crippen molar-refractivity contribution in [3.8, 4) is 11.3 Å². The second kappa shape index (κ2) is 4.53. The number of aromatic nitrogens is 1. The SMILES string of the molecule is CN1c2ccccc2-c2nc3cc([N+]#N)ccc3c3cccc1c23. The minimum Gasteiger partial charge on any atom is -0.343 e. The molecule has 1 aromatic heterocycles. The minimum atomic E-state index is 0.513. The van der Waals surface area contributed by atoms with Crippen LogP contribution in [-0.2, 0) is 0 Å². The summed E-state index contributed by atoms with van der Waals surface area (Å²) >= 11 is 0. The van der Waals surface area contributed by atoms with Crippen LogP contribution in [0.3, 0.4) is 0 Å². The Morgan fingerprint density at radius 1 is 0.917 bits per heavy atom. The van der Waals surface area contributed by atoms with Crippen LogP contribution in [0.2, 0.25) is 0 Å². The molecule has 4 nitrogen and oxygen atoms in total. The van der Waals surface area contributed by atoms with Gasteiger partial charge in [0.15, 0.2) is 4.98 Å². The third-order valence-corrected chi connectivity index (χ3v) is 4.78. The van der Waals surface area contributed by atoms with Gasteiger partial charge in [0.2, 0.25) is 5.39 Å². The maximum Gasteiger partial charge on any atom is 0.387 e. The van der Waals surface area contributed by atoms with Crippen LogP contribution in [0.25, 0.3) is 37.9 Å². The molecule has 1 aliphatic heterocycles. The van der Waals surface area contributed by atoms with E-state index in [0.29, 0.717) is 5.69 Å². The van der Waals surface area contributed by atoms with Crippen LogP contribution in [0.5, 0.6) is 0 Å². The standard InChI is InChI=1S/C20H13N4/c1-24-17-7-3-2-5-15(17)20-19-14(6-4-8-18(19)24)13-10-9-12(23-21)11-16(13)22-20/h2-11H,1H3/q+1.